The van der Waals surface area contributed by atoms with Crippen LogP contribution in [0, 0.1) is 6.92 Å². The van der Waals surface area contributed by atoms with E-state index in [1.807, 2.05) is 38.1 Å². The normalized spacial score (nSPS) is 10.3. The number of carbonyl (C=O) groups excluding carboxylic acids is 1. The highest BCUT2D eigenvalue weighted by molar-refractivity contribution is 5.89. The Balaban J connectivity index is 1.84. The summed E-state index contributed by atoms with van der Waals surface area (Å²) in [5, 5.41) is 9.09. The van der Waals surface area contributed by atoms with Crippen molar-refractivity contribution in [3.8, 4) is 6.01 Å². The van der Waals surface area contributed by atoms with Gasteiger partial charge in [0.1, 0.15) is 0 Å². The molecule has 0 bridgehead atoms. The molecule has 0 aliphatic rings. The smallest absolute Gasteiger partial charge is 0.337 e. The quantitative estimate of drug-likeness (QED) is 0.845. The van der Waals surface area contributed by atoms with Crippen molar-refractivity contribution in [2.45, 2.75) is 26.7 Å². The van der Waals surface area contributed by atoms with E-state index in [-0.39, 0.29) is 11.9 Å². The number of anilines is 1. The summed E-state index contributed by atoms with van der Waals surface area (Å²) < 4.78 is 5.11. The molecule has 0 radical (unpaired) electrons. The molecule has 106 valence electrons. The fourth-order valence-corrected chi connectivity index (χ4v) is 1.83. The first-order chi connectivity index (χ1) is 9.69. The summed E-state index contributed by atoms with van der Waals surface area (Å²) in [6.07, 6.45) is 1.10. The monoisotopic (exact) mass is 274 g/mol. The molecule has 2 rings (SSSR count). The van der Waals surface area contributed by atoms with E-state index in [0.717, 1.165) is 0 Å². The maximum absolute atomic E-state index is 11.8. The van der Waals surface area contributed by atoms with Gasteiger partial charge in [-0.05, 0) is 31.4 Å². The molecule has 6 nitrogen and oxygen atoms in total. The van der Waals surface area contributed by atoms with Gasteiger partial charge in [-0.2, -0.15) is 4.98 Å². The number of nitrogens with zero attached hydrogens (tertiary/aromatic N) is 2. The van der Waals surface area contributed by atoms with E-state index in [4.69, 9.17) is 4.74 Å². The molecule has 0 fully saturated rings. The number of aromatic amines is 1. The standard InChI is InChI=1S/C14H18N4O2/c1-3-20-14-16-13(17-18-14)15-12(19)9-8-11-7-5-4-6-10(11)2/h4-7H,3,8-9H2,1-2H3,(H2,15,16,17,18,19). The lowest BCUT2D eigenvalue weighted by Gasteiger charge is -2.05. The van der Waals surface area contributed by atoms with Crippen LogP contribution in [0.3, 0.4) is 0 Å². The third-order valence-electron chi connectivity index (χ3n) is 2.88. The van der Waals surface area contributed by atoms with Gasteiger partial charge in [0.15, 0.2) is 0 Å². The average Bonchev–Trinajstić information content (AvgIpc) is 2.85. The van der Waals surface area contributed by atoms with Gasteiger partial charge in [0.25, 0.3) is 0 Å². The first-order valence-electron chi connectivity index (χ1n) is 6.58. The minimum absolute atomic E-state index is 0.104. The van der Waals surface area contributed by atoms with Crippen molar-refractivity contribution >= 4 is 11.9 Å². The zero-order valence-electron chi connectivity index (χ0n) is 11.6. The van der Waals surface area contributed by atoms with Gasteiger partial charge in [0.2, 0.25) is 11.9 Å². The molecule has 0 aliphatic heterocycles. The zero-order chi connectivity index (χ0) is 14.4. The summed E-state index contributed by atoms with van der Waals surface area (Å²) in [5.41, 5.74) is 2.37. The van der Waals surface area contributed by atoms with Crippen LogP contribution in [0.25, 0.3) is 0 Å². The number of aromatic nitrogens is 3. The van der Waals surface area contributed by atoms with E-state index in [1.54, 1.807) is 0 Å². The van der Waals surface area contributed by atoms with Crippen LogP contribution in [0.1, 0.15) is 24.5 Å². The Morgan fingerprint density at radius 2 is 2.20 bits per heavy atom. The molecule has 0 spiro atoms. The molecule has 1 aromatic heterocycles. The Bertz CT molecular complexity index is 580. The van der Waals surface area contributed by atoms with Crippen LogP contribution in [0.5, 0.6) is 6.01 Å². The molecule has 0 saturated carbocycles. The lowest BCUT2D eigenvalue weighted by atomic mass is 10.0. The Hall–Kier alpha value is -2.37. The second-order valence-electron chi connectivity index (χ2n) is 4.37. The number of benzene rings is 1. The molecule has 2 aromatic rings. The van der Waals surface area contributed by atoms with E-state index in [2.05, 4.69) is 20.5 Å². The summed E-state index contributed by atoms with van der Waals surface area (Å²) in [6.45, 7) is 4.37. The first kappa shape index (κ1) is 14.0. The predicted molar refractivity (Wildman–Crippen MR) is 75.7 cm³/mol. The van der Waals surface area contributed by atoms with Crippen LogP contribution in [-0.2, 0) is 11.2 Å². The second kappa shape index (κ2) is 6.70. The van der Waals surface area contributed by atoms with Crippen LogP contribution in [-0.4, -0.2) is 27.7 Å². The summed E-state index contributed by atoms with van der Waals surface area (Å²) in [4.78, 5) is 15.8. The van der Waals surface area contributed by atoms with Crippen molar-refractivity contribution in [2.75, 3.05) is 11.9 Å². The van der Waals surface area contributed by atoms with Gasteiger partial charge < -0.3 is 4.74 Å². The molecule has 0 atom stereocenters. The van der Waals surface area contributed by atoms with E-state index in [1.165, 1.54) is 11.1 Å². The lowest BCUT2D eigenvalue weighted by Crippen LogP contribution is -2.13. The van der Waals surface area contributed by atoms with Gasteiger partial charge >= 0.3 is 6.01 Å². The van der Waals surface area contributed by atoms with Crippen molar-refractivity contribution in [2.24, 2.45) is 0 Å². The van der Waals surface area contributed by atoms with E-state index >= 15 is 0 Å². The van der Waals surface area contributed by atoms with Crippen LogP contribution in [0.4, 0.5) is 5.95 Å². The van der Waals surface area contributed by atoms with Crippen molar-refractivity contribution in [1.82, 2.24) is 15.2 Å². The van der Waals surface area contributed by atoms with E-state index in [0.29, 0.717) is 25.4 Å². The maximum Gasteiger partial charge on any atom is 0.337 e. The Kier molecular flexibility index (Phi) is 4.70. The van der Waals surface area contributed by atoms with Gasteiger partial charge in [-0.25, -0.2) is 5.10 Å². The number of carbonyl (C=O) groups is 1. The number of H-pyrrole nitrogens is 1. The van der Waals surface area contributed by atoms with Gasteiger partial charge in [-0.3, -0.25) is 10.1 Å². The Labute approximate surface area is 117 Å². The van der Waals surface area contributed by atoms with Gasteiger partial charge in [0, 0.05) is 6.42 Å². The number of aryl methyl sites for hydroxylation is 2. The summed E-state index contributed by atoms with van der Waals surface area (Å²) in [7, 11) is 0. The molecule has 0 unspecified atom stereocenters. The Morgan fingerprint density at radius 3 is 2.95 bits per heavy atom. The fraction of sp³-hybridized carbons (Fsp3) is 0.357. The maximum atomic E-state index is 11.8. The third kappa shape index (κ3) is 3.81. The minimum Gasteiger partial charge on any atom is -0.463 e. The fourth-order valence-electron chi connectivity index (χ4n) is 1.83. The molecule has 1 heterocycles. The van der Waals surface area contributed by atoms with Gasteiger partial charge in [-0.1, -0.05) is 24.3 Å². The highest BCUT2D eigenvalue weighted by Crippen LogP contribution is 2.11. The highest BCUT2D eigenvalue weighted by atomic mass is 16.5. The molecule has 2 N–H and O–H groups in total. The van der Waals surface area contributed by atoms with Crippen molar-refractivity contribution < 1.29 is 9.53 Å². The topological polar surface area (TPSA) is 79.9 Å². The average molecular weight is 274 g/mol. The molecule has 1 aromatic carbocycles. The number of nitrogens with one attached hydrogen (secondary N) is 2. The summed E-state index contributed by atoms with van der Waals surface area (Å²) in [6, 6.07) is 8.28. The molecule has 1 amide bonds. The minimum atomic E-state index is -0.104. The molecule has 20 heavy (non-hydrogen) atoms. The van der Waals surface area contributed by atoms with Crippen molar-refractivity contribution in [1.29, 1.82) is 0 Å². The van der Waals surface area contributed by atoms with E-state index < -0.39 is 0 Å². The number of hydrogen-bond acceptors (Lipinski definition) is 4. The molecule has 0 saturated heterocycles. The van der Waals surface area contributed by atoms with Crippen LogP contribution < -0.4 is 10.1 Å². The number of amides is 1. The van der Waals surface area contributed by atoms with Crippen molar-refractivity contribution in [3.05, 3.63) is 35.4 Å². The predicted octanol–water partition coefficient (Wildman–Crippen LogP) is 2.08. The van der Waals surface area contributed by atoms with Crippen molar-refractivity contribution in [3.63, 3.8) is 0 Å². The number of hydrogen-bond donors (Lipinski definition) is 2. The van der Waals surface area contributed by atoms with Crippen LogP contribution in [0.2, 0.25) is 0 Å². The number of rotatable bonds is 6. The number of ether oxygens (including phenoxy) is 1. The Morgan fingerprint density at radius 1 is 1.40 bits per heavy atom. The second-order valence-corrected chi connectivity index (χ2v) is 4.37. The highest BCUT2D eigenvalue weighted by Gasteiger charge is 2.08. The molecular formula is C14H18N4O2. The lowest BCUT2D eigenvalue weighted by molar-refractivity contribution is -0.116. The largest absolute Gasteiger partial charge is 0.463 e. The van der Waals surface area contributed by atoms with Gasteiger partial charge in [-0.15, -0.1) is 5.10 Å². The molecule has 6 heteroatoms. The molecule has 0 aliphatic carbocycles. The SMILES string of the molecule is CCOc1n[nH]c(NC(=O)CCc2ccccc2C)n1. The van der Waals surface area contributed by atoms with Gasteiger partial charge in [0.05, 0.1) is 6.61 Å². The third-order valence-corrected chi connectivity index (χ3v) is 2.88. The van der Waals surface area contributed by atoms with Crippen LogP contribution in [0.15, 0.2) is 24.3 Å². The van der Waals surface area contributed by atoms with E-state index in [9.17, 15) is 4.79 Å². The van der Waals surface area contributed by atoms with Crippen LogP contribution >= 0.6 is 0 Å². The zero-order valence-corrected chi connectivity index (χ0v) is 11.6. The molecular weight excluding hydrogens is 256 g/mol. The summed E-state index contributed by atoms with van der Waals surface area (Å²) >= 11 is 0. The first-order valence-corrected chi connectivity index (χ1v) is 6.58. The summed E-state index contributed by atoms with van der Waals surface area (Å²) in [5.74, 6) is 0.204.